The fourth-order valence-electron chi connectivity index (χ4n) is 1.59. The Kier molecular flexibility index (Phi) is 3.88. The van der Waals surface area contributed by atoms with Crippen molar-refractivity contribution in [2.75, 3.05) is 13.1 Å². The van der Waals surface area contributed by atoms with Gasteiger partial charge in [0.05, 0.1) is 6.04 Å². The van der Waals surface area contributed by atoms with E-state index in [2.05, 4.69) is 0 Å². The number of nitrogens with two attached hydrogens (primary N) is 2. The van der Waals surface area contributed by atoms with Gasteiger partial charge in [0, 0.05) is 19.5 Å². The molecule has 1 aliphatic heterocycles. The van der Waals surface area contributed by atoms with Gasteiger partial charge >= 0.3 is 0 Å². The summed E-state index contributed by atoms with van der Waals surface area (Å²) in [5.41, 5.74) is 10.6. The fourth-order valence-corrected chi connectivity index (χ4v) is 1.59. The Morgan fingerprint density at radius 3 is 2.36 bits per heavy atom. The standard InChI is InChI=1S/C9H17N3O2/c10-7(3-4-8(11)13)9(14)12-5-1-2-6-12/h7H,1-6,10H2,(H2,11,13). The lowest BCUT2D eigenvalue weighted by Gasteiger charge is -2.19. The first kappa shape index (κ1) is 11.0. The van der Waals surface area contributed by atoms with Gasteiger partial charge in [0.2, 0.25) is 11.8 Å². The average Bonchev–Trinajstić information content (AvgIpc) is 2.65. The molecule has 0 saturated carbocycles. The van der Waals surface area contributed by atoms with Crippen molar-refractivity contribution in [3.63, 3.8) is 0 Å². The molecule has 1 fully saturated rings. The summed E-state index contributed by atoms with van der Waals surface area (Å²) in [6.45, 7) is 1.59. The zero-order chi connectivity index (χ0) is 10.6. The molecule has 1 atom stereocenters. The molecular formula is C9H17N3O2. The quantitative estimate of drug-likeness (QED) is 0.621. The fraction of sp³-hybridized carbons (Fsp3) is 0.778. The highest BCUT2D eigenvalue weighted by molar-refractivity contribution is 5.83. The van der Waals surface area contributed by atoms with E-state index in [0.717, 1.165) is 25.9 Å². The van der Waals surface area contributed by atoms with Crippen molar-refractivity contribution in [2.45, 2.75) is 31.7 Å². The molecule has 80 valence electrons. The van der Waals surface area contributed by atoms with Gasteiger partial charge in [-0.15, -0.1) is 0 Å². The largest absolute Gasteiger partial charge is 0.370 e. The monoisotopic (exact) mass is 199 g/mol. The molecule has 2 amide bonds. The average molecular weight is 199 g/mol. The number of amides is 2. The van der Waals surface area contributed by atoms with E-state index >= 15 is 0 Å². The molecule has 4 N–H and O–H groups in total. The highest BCUT2D eigenvalue weighted by atomic mass is 16.2. The van der Waals surface area contributed by atoms with Gasteiger partial charge in [-0.05, 0) is 19.3 Å². The Morgan fingerprint density at radius 1 is 1.29 bits per heavy atom. The Labute approximate surface area is 83.4 Å². The molecule has 1 aliphatic rings. The van der Waals surface area contributed by atoms with Crippen LogP contribution in [0.2, 0.25) is 0 Å². The number of primary amides is 1. The Balaban J connectivity index is 2.31. The normalized spacial score (nSPS) is 18.2. The Bertz CT molecular complexity index is 224. The van der Waals surface area contributed by atoms with Crippen molar-refractivity contribution in [1.29, 1.82) is 0 Å². The van der Waals surface area contributed by atoms with E-state index in [4.69, 9.17) is 11.5 Å². The van der Waals surface area contributed by atoms with E-state index in [-0.39, 0.29) is 12.3 Å². The molecule has 5 nitrogen and oxygen atoms in total. The third-order valence-corrected chi connectivity index (χ3v) is 2.44. The molecule has 0 spiro atoms. The summed E-state index contributed by atoms with van der Waals surface area (Å²) in [6.07, 6.45) is 2.63. The minimum Gasteiger partial charge on any atom is -0.370 e. The number of rotatable bonds is 4. The molecule has 0 aromatic heterocycles. The number of carbonyl (C=O) groups is 2. The molecule has 1 heterocycles. The predicted octanol–water partition coefficient (Wildman–Crippen LogP) is -0.798. The van der Waals surface area contributed by atoms with Gasteiger partial charge in [0.15, 0.2) is 0 Å². The third-order valence-electron chi connectivity index (χ3n) is 2.44. The number of carbonyl (C=O) groups excluding carboxylic acids is 2. The number of nitrogens with zero attached hydrogens (tertiary/aromatic N) is 1. The van der Waals surface area contributed by atoms with E-state index in [1.807, 2.05) is 0 Å². The summed E-state index contributed by atoms with van der Waals surface area (Å²) in [5.74, 6) is -0.460. The van der Waals surface area contributed by atoms with Crippen molar-refractivity contribution >= 4 is 11.8 Å². The zero-order valence-electron chi connectivity index (χ0n) is 8.24. The van der Waals surface area contributed by atoms with Crippen molar-refractivity contribution in [2.24, 2.45) is 11.5 Å². The highest BCUT2D eigenvalue weighted by Gasteiger charge is 2.23. The molecule has 0 radical (unpaired) electrons. The van der Waals surface area contributed by atoms with Gasteiger partial charge < -0.3 is 16.4 Å². The summed E-state index contributed by atoms with van der Waals surface area (Å²) >= 11 is 0. The van der Waals surface area contributed by atoms with Gasteiger partial charge in [-0.2, -0.15) is 0 Å². The van der Waals surface area contributed by atoms with E-state index < -0.39 is 11.9 Å². The lowest BCUT2D eigenvalue weighted by molar-refractivity contribution is -0.131. The van der Waals surface area contributed by atoms with Crippen LogP contribution in [0, 0.1) is 0 Å². The first-order valence-corrected chi connectivity index (χ1v) is 4.94. The van der Waals surface area contributed by atoms with Crippen LogP contribution in [-0.4, -0.2) is 35.8 Å². The first-order chi connectivity index (χ1) is 6.61. The summed E-state index contributed by atoms with van der Waals surface area (Å²) in [5, 5.41) is 0. The van der Waals surface area contributed by atoms with Crippen molar-refractivity contribution in [3.05, 3.63) is 0 Å². The molecule has 5 heteroatoms. The number of hydrogen-bond acceptors (Lipinski definition) is 3. The summed E-state index contributed by atoms with van der Waals surface area (Å²) < 4.78 is 0. The van der Waals surface area contributed by atoms with Crippen LogP contribution in [0.1, 0.15) is 25.7 Å². The van der Waals surface area contributed by atoms with Crippen LogP contribution in [0.25, 0.3) is 0 Å². The van der Waals surface area contributed by atoms with Crippen LogP contribution >= 0.6 is 0 Å². The van der Waals surface area contributed by atoms with Gasteiger partial charge in [-0.1, -0.05) is 0 Å². The minimum atomic E-state index is -0.569. The maximum absolute atomic E-state index is 11.6. The predicted molar refractivity (Wildman–Crippen MR) is 52.2 cm³/mol. The lowest BCUT2D eigenvalue weighted by Crippen LogP contribution is -2.42. The minimum absolute atomic E-state index is 0.0521. The summed E-state index contributed by atoms with van der Waals surface area (Å²) in [4.78, 5) is 23.9. The Morgan fingerprint density at radius 2 is 1.86 bits per heavy atom. The molecule has 0 bridgehead atoms. The zero-order valence-corrected chi connectivity index (χ0v) is 8.24. The molecule has 0 aliphatic carbocycles. The van der Waals surface area contributed by atoms with Crippen molar-refractivity contribution in [1.82, 2.24) is 4.90 Å². The molecule has 1 unspecified atom stereocenters. The van der Waals surface area contributed by atoms with Crippen molar-refractivity contribution < 1.29 is 9.59 Å². The second kappa shape index (κ2) is 4.95. The third kappa shape index (κ3) is 2.99. The molecular weight excluding hydrogens is 182 g/mol. The van der Waals surface area contributed by atoms with Crippen LogP contribution in [0.4, 0.5) is 0 Å². The van der Waals surface area contributed by atoms with E-state index in [9.17, 15) is 9.59 Å². The molecule has 0 aromatic rings. The van der Waals surface area contributed by atoms with E-state index in [0.29, 0.717) is 6.42 Å². The van der Waals surface area contributed by atoms with Crippen LogP contribution in [-0.2, 0) is 9.59 Å². The smallest absolute Gasteiger partial charge is 0.239 e. The van der Waals surface area contributed by atoms with E-state index in [1.165, 1.54) is 0 Å². The lowest BCUT2D eigenvalue weighted by atomic mass is 10.1. The second-order valence-electron chi connectivity index (χ2n) is 3.64. The first-order valence-electron chi connectivity index (χ1n) is 4.94. The van der Waals surface area contributed by atoms with Gasteiger partial charge in [0.1, 0.15) is 0 Å². The number of likely N-dealkylation sites (tertiary alicyclic amines) is 1. The topological polar surface area (TPSA) is 89.4 Å². The molecule has 0 aromatic carbocycles. The van der Waals surface area contributed by atoms with Crippen molar-refractivity contribution in [3.8, 4) is 0 Å². The maximum atomic E-state index is 11.6. The molecule has 14 heavy (non-hydrogen) atoms. The summed E-state index contributed by atoms with van der Waals surface area (Å²) in [6, 6.07) is -0.569. The van der Waals surface area contributed by atoms with Crippen LogP contribution in [0.3, 0.4) is 0 Å². The molecule has 1 rings (SSSR count). The maximum Gasteiger partial charge on any atom is 0.239 e. The summed E-state index contributed by atoms with van der Waals surface area (Å²) in [7, 11) is 0. The van der Waals surface area contributed by atoms with Crippen LogP contribution < -0.4 is 11.5 Å². The Hall–Kier alpha value is -1.10. The SMILES string of the molecule is NC(=O)CCC(N)C(=O)N1CCCC1. The number of hydrogen-bond donors (Lipinski definition) is 2. The second-order valence-corrected chi connectivity index (χ2v) is 3.64. The van der Waals surface area contributed by atoms with E-state index in [1.54, 1.807) is 4.90 Å². The van der Waals surface area contributed by atoms with Gasteiger partial charge in [-0.3, -0.25) is 9.59 Å². The van der Waals surface area contributed by atoms with Gasteiger partial charge in [0.25, 0.3) is 0 Å². The van der Waals surface area contributed by atoms with Gasteiger partial charge in [-0.25, -0.2) is 0 Å². The van der Waals surface area contributed by atoms with Crippen LogP contribution in [0.15, 0.2) is 0 Å². The highest BCUT2D eigenvalue weighted by Crippen LogP contribution is 2.10. The van der Waals surface area contributed by atoms with Crippen LogP contribution in [0.5, 0.6) is 0 Å². The molecule has 1 saturated heterocycles.